The van der Waals surface area contributed by atoms with E-state index in [9.17, 15) is 4.79 Å². The van der Waals surface area contributed by atoms with Gasteiger partial charge in [-0.1, -0.05) is 12.1 Å². The third-order valence-corrected chi connectivity index (χ3v) is 5.32. The van der Waals surface area contributed by atoms with Gasteiger partial charge in [0, 0.05) is 30.1 Å². The van der Waals surface area contributed by atoms with E-state index in [0.29, 0.717) is 12.3 Å². The normalized spacial score (nSPS) is 17.7. The smallest absolute Gasteiger partial charge is 0.227 e. The molecule has 1 aliphatic heterocycles. The van der Waals surface area contributed by atoms with Gasteiger partial charge in [-0.3, -0.25) is 4.79 Å². The Bertz CT molecular complexity index is 709. The number of nitrogens with two attached hydrogens (primary N) is 1. The van der Waals surface area contributed by atoms with E-state index in [4.69, 9.17) is 10.2 Å². The molecule has 2 N–H and O–H groups in total. The molecule has 1 unspecified atom stereocenters. The van der Waals surface area contributed by atoms with Crippen LogP contribution in [0.5, 0.6) is 0 Å². The van der Waals surface area contributed by atoms with Crippen LogP contribution in [-0.4, -0.2) is 29.9 Å². The monoisotopic (exact) mass is 314 g/mol. The lowest BCUT2D eigenvalue weighted by molar-refractivity contribution is -0.131. The van der Waals surface area contributed by atoms with E-state index in [2.05, 4.69) is 32.9 Å². The van der Waals surface area contributed by atoms with Gasteiger partial charge < -0.3 is 15.1 Å². The molecule has 0 bridgehead atoms. The molecular weight excluding hydrogens is 288 g/mol. The number of fused-ring (bicyclic) bond motifs is 1. The Morgan fingerprint density at radius 2 is 2.04 bits per heavy atom. The van der Waals surface area contributed by atoms with E-state index in [1.54, 1.807) is 6.26 Å². The fourth-order valence-electron chi connectivity index (χ4n) is 3.47. The molecule has 1 aromatic heterocycles. The molecular formula is C19H26N2O2. The predicted molar refractivity (Wildman–Crippen MR) is 92.3 cm³/mol. The molecule has 23 heavy (non-hydrogen) atoms. The number of rotatable bonds is 3. The number of likely N-dealkylation sites (tertiary alicyclic amines) is 1. The molecule has 0 saturated carbocycles. The van der Waals surface area contributed by atoms with Crippen molar-refractivity contribution in [1.29, 1.82) is 0 Å². The minimum absolute atomic E-state index is 0.189. The summed E-state index contributed by atoms with van der Waals surface area (Å²) in [6.45, 7) is 7.83. The summed E-state index contributed by atoms with van der Waals surface area (Å²) in [6, 6.07) is 4.37. The third-order valence-electron chi connectivity index (χ3n) is 5.32. The second kappa shape index (κ2) is 6.36. The number of nitrogens with zero attached hydrogens (tertiary/aromatic N) is 1. The lowest BCUT2D eigenvalue weighted by Crippen LogP contribution is -2.43. The van der Waals surface area contributed by atoms with Crippen LogP contribution in [-0.2, 0) is 11.2 Å². The number of carbonyl (C=O) groups excluding carboxylic acids is 1. The van der Waals surface area contributed by atoms with Gasteiger partial charge in [0.25, 0.3) is 0 Å². The first-order valence-electron chi connectivity index (χ1n) is 8.47. The zero-order chi connectivity index (χ0) is 16.6. The van der Waals surface area contributed by atoms with Gasteiger partial charge in [-0.05, 0) is 50.7 Å². The van der Waals surface area contributed by atoms with Crippen molar-refractivity contribution in [3.8, 4) is 0 Å². The molecule has 2 heterocycles. The molecule has 0 spiro atoms. The molecule has 1 saturated heterocycles. The van der Waals surface area contributed by atoms with Crippen LogP contribution in [0.25, 0.3) is 11.0 Å². The summed E-state index contributed by atoms with van der Waals surface area (Å²) in [4.78, 5) is 14.6. The molecule has 3 rings (SSSR count). The third kappa shape index (κ3) is 3.13. The van der Waals surface area contributed by atoms with E-state index in [1.807, 2.05) is 4.90 Å². The minimum Gasteiger partial charge on any atom is -0.464 e. The van der Waals surface area contributed by atoms with Gasteiger partial charge in [0.15, 0.2) is 0 Å². The number of hydrogen-bond acceptors (Lipinski definition) is 3. The maximum absolute atomic E-state index is 12.6. The molecule has 4 nitrogen and oxygen atoms in total. The number of furan rings is 1. The van der Waals surface area contributed by atoms with Gasteiger partial charge in [-0.15, -0.1) is 0 Å². The molecule has 1 atom stereocenters. The molecule has 0 radical (unpaired) electrons. The van der Waals surface area contributed by atoms with E-state index in [-0.39, 0.29) is 11.9 Å². The maximum Gasteiger partial charge on any atom is 0.227 e. The van der Waals surface area contributed by atoms with E-state index < -0.39 is 0 Å². The Hall–Kier alpha value is -1.81. The van der Waals surface area contributed by atoms with Crippen molar-refractivity contribution in [3.05, 3.63) is 35.1 Å². The van der Waals surface area contributed by atoms with Crippen LogP contribution in [0.2, 0.25) is 0 Å². The predicted octanol–water partition coefficient (Wildman–Crippen LogP) is 3.18. The molecule has 1 fully saturated rings. The van der Waals surface area contributed by atoms with Crippen LogP contribution in [0, 0.1) is 19.8 Å². The first-order chi connectivity index (χ1) is 11.0. The highest BCUT2D eigenvalue weighted by molar-refractivity contribution is 5.89. The van der Waals surface area contributed by atoms with Crippen molar-refractivity contribution in [2.45, 2.75) is 46.1 Å². The topological polar surface area (TPSA) is 59.5 Å². The largest absolute Gasteiger partial charge is 0.464 e. The molecule has 1 aliphatic rings. The number of carbonyl (C=O) groups is 1. The van der Waals surface area contributed by atoms with Crippen molar-refractivity contribution in [2.75, 3.05) is 13.1 Å². The first-order valence-corrected chi connectivity index (χ1v) is 8.47. The Kier molecular flexibility index (Phi) is 4.44. The zero-order valence-electron chi connectivity index (χ0n) is 14.3. The highest BCUT2D eigenvalue weighted by atomic mass is 16.3. The van der Waals surface area contributed by atoms with Crippen LogP contribution in [0.3, 0.4) is 0 Å². The summed E-state index contributed by atoms with van der Waals surface area (Å²) in [7, 11) is 0. The average Bonchev–Trinajstić information content (AvgIpc) is 2.94. The number of hydrogen-bond donors (Lipinski definition) is 1. The average molecular weight is 314 g/mol. The molecule has 124 valence electrons. The quantitative estimate of drug-likeness (QED) is 0.946. The highest BCUT2D eigenvalue weighted by Gasteiger charge is 2.25. The fraction of sp³-hybridized carbons (Fsp3) is 0.526. The SMILES string of the molecule is Cc1ccc2c(CC(=O)N3CCC(C(C)N)CC3)coc2c1C. The van der Waals surface area contributed by atoms with Crippen LogP contribution in [0.15, 0.2) is 22.8 Å². The Balaban J connectivity index is 1.71. The second-order valence-electron chi connectivity index (χ2n) is 6.90. The summed E-state index contributed by atoms with van der Waals surface area (Å²) in [5.41, 5.74) is 10.2. The number of amides is 1. The van der Waals surface area contributed by atoms with Crippen LogP contribution in [0.4, 0.5) is 0 Å². The van der Waals surface area contributed by atoms with Crippen molar-refractivity contribution in [1.82, 2.24) is 4.90 Å². The molecule has 2 aromatic rings. The fourth-order valence-corrected chi connectivity index (χ4v) is 3.47. The van der Waals surface area contributed by atoms with Gasteiger partial charge >= 0.3 is 0 Å². The van der Waals surface area contributed by atoms with Crippen molar-refractivity contribution in [3.63, 3.8) is 0 Å². The van der Waals surface area contributed by atoms with Crippen LogP contribution < -0.4 is 5.73 Å². The van der Waals surface area contributed by atoms with Crippen LogP contribution >= 0.6 is 0 Å². The molecule has 1 amide bonds. The standard InChI is InChI=1S/C19H26N2O2/c1-12-4-5-17-16(11-23-19(17)13(12)2)10-18(22)21-8-6-15(7-9-21)14(3)20/h4-5,11,14-15H,6-10,20H2,1-3H3. The Morgan fingerprint density at radius 3 is 2.70 bits per heavy atom. The summed E-state index contributed by atoms with van der Waals surface area (Å²) >= 11 is 0. The maximum atomic E-state index is 12.6. The van der Waals surface area contributed by atoms with Gasteiger partial charge in [-0.25, -0.2) is 0 Å². The summed E-state index contributed by atoms with van der Waals surface area (Å²) in [6.07, 6.45) is 4.17. The highest BCUT2D eigenvalue weighted by Crippen LogP contribution is 2.27. The lowest BCUT2D eigenvalue weighted by Gasteiger charge is -2.33. The molecule has 1 aromatic carbocycles. The summed E-state index contributed by atoms with van der Waals surface area (Å²) < 4.78 is 5.71. The minimum atomic E-state index is 0.189. The first kappa shape index (κ1) is 16.1. The number of aryl methyl sites for hydroxylation is 2. The van der Waals surface area contributed by atoms with E-state index in [0.717, 1.165) is 48.0 Å². The van der Waals surface area contributed by atoms with Gasteiger partial charge in [0.1, 0.15) is 5.58 Å². The van der Waals surface area contributed by atoms with Crippen molar-refractivity contribution >= 4 is 16.9 Å². The van der Waals surface area contributed by atoms with Crippen molar-refractivity contribution < 1.29 is 9.21 Å². The second-order valence-corrected chi connectivity index (χ2v) is 6.90. The Morgan fingerprint density at radius 1 is 1.35 bits per heavy atom. The van der Waals surface area contributed by atoms with Crippen LogP contribution in [0.1, 0.15) is 36.5 Å². The van der Waals surface area contributed by atoms with Gasteiger partial charge in [0.05, 0.1) is 12.7 Å². The van der Waals surface area contributed by atoms with Gasteiger partial charge in [0.2, 0.25) is 5.91 Å². The molecule has 4 heteroatoms. The zero-order valence-corrected chi connectivity index (χ0v) is 14.3. The lowest BCUT2D eigenvalue weighted by atomic mass is 9.90. The Labute approximate surface area is 137 Å². The summed E-state index contributed by atoms with van der Waals surface area (Å²) in [5, 5.41) is 1.06. The van der Waals surface area contributed by atoms with E-state index in [1.165, 1.54) is 5.56 Å². The van der Waals surface area contributed by atoms with Crippen molar-refractivity contribution in [2.24, 2.45) is 11.7 Å². The summed E-state index contributed by atoms with van der Waals surface area (Å²) in [5.74, 6) is 0.730. The van der Waals surface area contributed by atoms with E-state index >= 15 is 0 Å². The number of piperidine rings is 1. The number of benzene rings is 1. The molecule has 0 aliphatic carbocycles. The van der Waals surface area contributed by atoms with Gasteiger partial charge in [-0.2, -0.15) is 0 Å².